The largest absolute Gasteiger partial charge is 2.00 e. The van der Waals surface area contributed by atoms with E-state index in [1.54, 1.807) is 12.1 Å². The van der Waals surface area contributed by atoms with Crippen LogP contribution in [0.2, 0.25) is 0 Å². The standard InChI is InChI=1S/C7H8O.2CN.Hg/c1-6-2-4-7(8)5-3-6;2*1-2;/h2-5,8H,1H3;;;/q;2*-1;+2. The molecule has 0 aliphatic rings. The first-order valence-corrected chi connectivity index (χ1v) is 2.99. The fraction of sp³-hybridized carbons (Fsp3) is 0.111. The van der Waals surface area contributed by atoms with Gasteiger partial charge in [0.15, 0.2) is 0 Å². The van der Waals surface area contributed by atoms with Gasteiger partial charge < -0.3 is 28.8 Å². The summed E-state index contributed by atoms with van der Waals surface area (Å²) in [5, 5.41) is 21.3. The molecule has 1 aromatic rings. The molecule has 0 saturated carbocycles. The fourth-order valence-corrected chi connectivity index (χ4v) is 0.545. The van der Waals surface area contributed by atoms with Gasteiger partial charge in [-0.3, -0.25) is 0 Å². The van der Waals surface area contributed by atoms with Gasteiger partial charge in [-0.1, -0.05) is 17.7 Å². The van der Waals surface area contributed by atoms with Crippen LogP contribution in [0.4, 0.5) is 0 Å². The van der Waals surface area contributed by atoms with Gasteiger partial charge >= 0.3 is 27.7 Å². The molecule has 0 radical (unpaired) electrons. The molecule has 0 saturated heterocycles. The molecule has 0 amide bonds. The van der Waals surface area contributed by atoms with Gasteiger partial charge in [-0.2, -0.15) is 0 Å². The Balaban J connectivity index is -0.000000178. The summed E-state index contributed by atoms with van der Waals surface area (Å²) in [6.07, 6.45) is 0. The Morgan fingerprint density at radius 2 is 1.31 bits per heavy atom. The summed E-state index contributed by atoms with van der Waals surface area (Å²) in [5.74, 6) is 0.329. The molecule has 1 rings (SSSR count). The van der Waals surface area contributed by atoms with Crippen molar-refractivity contribution in [3.8, 4) is 5.75 Å². The molecular formula is C9H8HgN2O. The number of aromatic hydroxyl groups is 1. The first-order chi connectivity index (χ1) is 5.79. The van der Waals surface area contributed by atoms with E-state index < -0.39 is 0 Å². The zero-order chi connectivity index (χ0) is 9.98. The van der Waals surface area contributed by atoms with Crippen molar-refractivity contribution >= 4 is 0 Å². The number of nitrogens with zero attached hydrogens (tertiary/aromatic N) is 2. The van der Waals surface area contributed by atoms with Gasteiger partial charge in [0.2, 0.25) is 0 Å². The maximum atomic E-state index is 8.76. The molecule has 0 bridgehead atoms. The minimum absolute atomic E-state index is 0. The van der Waals surface area contributed by atoms with Crippen molar-refractivity contribution in [3.05, 3.63) is 43.0 Å². The molecule has 1 N–H and O–H groups in total. The van der Waals surface area contributed by atoms with Crippen molar-refractivity contribution in [3.63, 3.8) is 0 Å². The third-order valence-electron chi connectivity index (χ3n) is 1.03. The first-order valence-electron chi connectivity index (χ1n) is 2.99. The fourth-order valence-electron chi connectivity index (χ4n) is 0.545. The number of rotatable bonds is 0. The number of aryl methyl sites for hydroxylation is 1. The summed E-state index contributed by atoms with van der Waals surface area (Å²) in [6.45, 7) is 11.5. The van der Waals surface area contributed by atoms with Crippen molar-refractivity contribution < 1.29 is 32.8 Å². The van der Waals surface area contributed by atoms with Gasteiger partial charge in [0, 0.05) is 0 Å². The van der Waals surface area contributed by atoms with Crippen molar-refractivity contribution in [2.45, 2.75) is 6.92 Å². The zero-order valence-electron chi connectivity index (χ0n) is 7.36. The van der Waals surface area contributed by atoms with Crippen molar-refractivity contribution in [2.24, 2.45) is 0 Å². The second-order valence-electron chi connectivity index (χ2n) is 1.84. The average Bonchev–Trinajstić information content (AvgIpc) is 2.17. The normalized spacial score (nSPS) is 5.92. The van der Waals surface area contributed by atoms with Gasteiger partial charge in [-0.05, 0) is 19.1 Å². The van der Waals surface area contributed by atoms with Crippen LogP contribution in [-0.4, -0.2) is 5.11 Å². The van der Waals surface area contributed by atoms with Crippen LogP contribution in [0.25, 0.3) is 0 Å². The SMILES string of the molecule is Cc1ccc(O)cc1.[C-]#N.[C-]#N.[Hg+2]. The predicted molar refractivity (Wildman–Crippen MR) is 42.8 cm³/mol. The van der Waals surface area contributed by atoms with Gasteiger partial charge in [-0.25, -0.2) is 0 Å². The van der Waals surface area contributed by atoms with Crippen LogP contribution in [0.15, 0.2) is 24.3 Å². The van der Waals surface area contributed by atoms with Gasteiger partial charge in [0.05, 0.1) is 0 Å². The maximum absolute atomic E-state index is 8.76. The summed E-state index contributed by atoms with van der Waals surface area (Å²) in [7, 11) is 0. The molecule has 0 aliphatic heterocycles. The number of phenols is 1. The Labute approximate surface area is 98.7 Å². The molecule has 4 heteroatoms. The van der Waals surface area contributed by atoms with E-state index in [0.717, 1.165) is 0 Å². The molecule has 0 unspecified atom stereocenters. The summed E-state index contributed by atoms with van der Waals surface area (Å²) in [5.41, 5.74) is 1.17. The van der Waals surface area contributed by atoms with Crippen LogP contribution in [0.1, 0.15) is 5.56 Å². The van der Waals surface area contributed by atoms with E-state index in [-0.39, 0.29) is 27.7 Å². The molecule has 1 aromatic carbocycles. The van der Waals surface area contributed by atoms with Crippen molar-refractivity contribution in [2.75, 3.05) is 0 Å². The van der Waals surface area contributed by atoms with E-state index in [2.05, 4.69) is 0 Å². The van der Waals surface area contributed by atoms with E-state index in [1.807, 2.05) is 19.1 Å². The van der Waals surface area contributed by atoms with E-state index in [1.165, 1.54) is 5.56 Å². The molecular weight excluding hydrogens is 353 g/mol. The van der Waals surface area contributed by atoms with E-state index >= 15 is 0 Å². The second-order valence-corrected chi connectivity index (χ2v) is 1.84. The zero-order valence-corrected chi connectivity index (χ0v) is 12.9. The van der Waals surface area contributed by atoms with Crippen molar-refractivity contribution in [1.82, 2.24) is 0 Å². The summed E-state index contributed by atoms with van der Waals surface area (Å²) in [6, 6.07) is 7.09. The molecule has 0 heterocycles. The quantitative estimate of drug-likeness (QED) is 0.567. The minimum atomic E-state index is 0. The molecule has 62 valence electrons. The maximum Gasteiger partial charge on any atom is 2.00 e. The average molecular weight is 361 g/mol. The first kappa shape index (κ1) is 17.9. The third-order valence-corrected chi connectivity index (χ3v) is 1.03. The summed E-state index contributed by atoms with van der Waals surface area (Å²) < 4.78 is 0. The topological polar surface area (TPSA) is 67.8 Å². The molecule has 0 aliphatic carbocycles. The van der Waals surface area contributed by atoms with Crippen LogP contribution in [-0.2, 0) is 27.7 Å². The molecule has 0 fully saturated rings. The third kappa shape index (κ3) is 10.9. The molecule has 0 atom stereocenters. The van der Waals surface area contributed by atoms with Crippen LogP contribution in [0, 0.1) is 30.6 Å². The van der Waals surface area contributed by atoms with Crippen LogP contribution < -0.4 is 0 Å². The van der Waals surface area contributed by atoms with E-state index in [9.17, 15) is 0 Å². The van der Waals surface area contributed by atoms with E-state index in [4.69, 9.17) is 28.8 Å². The Hall–Kier alpha value is -1.06. The molecule has 0 spiro atoms. The molecule has 0 aromatic heterocycles. The molecule has 3 nitrogen and oxygen atoms in total. The minimum Gasteiger partial charge on any atom is -0.512 e. The number of hydrogen-bond donors (Lipinski definition) is 1. The Bertz CT molecular complexity index is 214. The van der Waals surface area contributed by atoms with Crippen molar-refractivity contribution in [1.29, 1.82) is 10.5 Å². The van der Waals surface area contributed by atoms with Gasteiger partial charge in [0.25, 0.3) is 0 Å². The number of phenolic OH excluding ortho intramolecular Hbond substituents is 1. The van der Waals surface area contributed by atoms with Crippen LogP contribution in [0.3, 0.4) is 0 Å². The summed E-state index contributed by atoms with van der Waals surface area (Å²) in [4.78, 5) is 0. The Morgan fingerprint density at radius 3 is 1.54 bits per heavy atom. The second kappa shape index (κ2) is 13.5. The Kier molecular flexibility index (Phi) is 18.6. The monoisotopic (exact) mass is 362 g/mol. The Morgan fingerprint density at radius 1 is 1.00 bits per heavy atom. The predicted octanol–water partition coefficient (Wildman–Crippen LogP) is 1.89. The summed E-state index contributed by atoms with van der Waals surface area (Å²) >= 11 is 0. The van der Waals surface area contributed by atoms with Crippen LogP contribution >= 0.6 is 0 Å². The smallest absolute Gasteiger partial charge is 0.512 e. The van der Waals surface area contributed by atoms with Gasteiger partial charge in [-0.15, -0.1) is 0 Å². The number of hydrogen-bond acceptors (Lipinski definition) is 3. The van der Waals surface area contributed by atoms with E-state index in [0.29, 0.717) is 5.75 Å². The molecule has 13 heavy (non-hydrogen) atoms. The van der Waals surface area contributed by atoms with Crippen LogP contribution in [0.5, 0.6) is 5.75 Å². The van der Waals surface area contributed by atoms with Gasteiger partial charge in [0.1, 0.15) is 5.75 Å². The number of benzene rings is 1.